The van der Waals surface area contributed by atoms with Crippen LogP contribution in [0.3, 0.4) is 0 Å². The molecule has 5 unspecified atom stereocenters. The van der Waals surface area contributed by atoms with Crippen molar-refractivity contribution in [3.05, 3.63) is 12.7 Å². The van der Waals surface area contributed by atoms with Crippen LogP contribution < -0.4 is 0 Å². The maximum Gasteiger partial charge on any atom is 0.306 e. The Bertz CT molecular complexity index is 868. The SMILES string of the molecule is C=CCOC(=O)CC[C@@H](C)C1CC[C@H]2[C@@H]3CCC4CCCCC4(C)[C@H]3CC(OS(C)(=O)=O)C12C. The summed E-state index contributed by atoms with van der Waals surface area (Å²) in [7, 11) is -3.56. The second-order valence-electron chi connectivity index (χ2n) is 12.5. The predicted octanol–water partition coefficient (Wildman–Crippen LogP) is 6.14. The van der Waals surface area contributed by atoms with Gasteiger partial charge in [-0.2, -0.15) is 8.42 Å². The van der Waals surface area contributed by atoms with Gasteiger partial charge in [0.1, 0.15) is 6.61 Å². The highest BCUT2D eigenvalue weighted by molar-refractivity contribution is 7.86. The van der Waals surface area contributed by atoms with Gasteiger partial charge in [0.15, 0.2) is 0 Å². The Balaban J connectivity index is 1.59. The van der Waals surface area contributed by atoms with Gasteiger partial charge in [-0.1, -0.05) is 46.3 Å². The molecule has 0 bridgehead atoms. The summed E-state index contributed by atoms with van der Waals surface area (Å²) in [5.41, 5.74) is 0.146. The zero-order valence-corrected chi connectivity index (χ0v) is 22.6. The average Bonchev–Trinajstić information content (AvgIpc) is 3.14. The molecule has 6 heteroatoms. The molecule has 0 aromatic carbocycles. The number of esters is 1. The normalized spacial score (nSPS) is 42.7. The highest BCUT2D eigenvalue weighted by Gasteiger charge is 2.64. The molecule has 0 aromatic heterocycles. The van der Waals surface area contributed by atoms with Gasteiger partial charge in [-0.25, -0.2) is 0 Å². The summed E-state index contributed by atoms with van der Waals surface area (Å²) < 4.78 is 36.1. The Morgan fingerprint density at radius 3 is 2.59 bits per heavy atom. The molecule has 34 heavy (non-hydrogen) atoms. The Hall–Kier alpha value is -0.880. The van der Waals surface area contributed by atoms with E-state index >= 15 is 0 Å². The maximum atomic E-state index is 12.5. The number of hydrogen-bond donors (Lipinski definition) is 0. The monoisotopic (exact) mass is 494 g/mol. The molecule has 194 valence electrons. The largest absolute Gasteiger partial charge is 0.461 e. The lowest BCUT2D eigenvalue weighted by molar-refractivity contribution is -0.159. The first-order chi connectivity index (χ1) is 16.0. The molecule has 4 fully saturated rings. The van der Waals surface area contributed by atoms with Crippen LogP contribution >= 0.6 is 0 Å². The fraction of sp³-hybridized carbons (Fsp3) is 0.893. The van der Waals surface area contributed by atoms with E-state index < -0.39 is 10.1 Å². The summed E-state index contributed by atoms with van der Waals surface area (Å²) in [5, 5.41) is 0. The minimum atomic E-state index is -3.56. The Morgan fingerprint density at radius 1 is 1.12 bits per heavy atom. The maximum absolute atomic E-state index is 12.5. The molecule has 5 nitrogen and oxygen atoms in total. The van der Waals surface area contributed by atoms with Gasteiger partial charge in [-0.05, 0) is 92.3 Å². The third-order valence-corrected chi connectivity index (χ3v) is 11.5. The third kappa shape index (κ3) is 4.75. The number of carbonyl (C=O) groups excluding carboxylic acids is 1. The van der Waals surface area contributed by atoms with Gasteiger partial charge in [0, 0.05) is 11.8 Å². The molecular formula is C28H46O5S. The molecule has 0 radical (unpaired) electrons. The first-order valence-electron chi connectivity index (χ1n) is 13.7. The molecule has 0 N–H and O–H groups in total. The van der Waals surface area contributed by atoms with Crippen LogP contribution in [0.1, 0.15) is 91.4 Å². The number of rotatable bonds is 8. The van der Waals surface area contributed by atoms with E-state index in [2.05, 4.69) is 27.4 Å². The average molecular weight is 495 g/mol. The van der Waals surface area contributed by atoms with Crippen LogP contribution in [-0.2, 0) is 23.8 Å². The van der Waals surface area contributed by atoms with Gasteiger partial charge in [-0.15, -0.1) is 0 Å². The van der Waals surface area contributed by atoms with Gasteiger partial charge >= 0.3 is 5.97 Å². The second kappa shape index (κ2) is 9.88. The summed E-state index contributed by atoms with van der Waals surface area (Å²) in [6.45, 7) is 10.9. The van der Waals surface area contributed by atoms with Crippen LogP contribution in [0.15, 0.2) is 12.7 Å². The van der Waals surface area contributed by atoms with Crippen molar-refractivity contribution in [2.75, 3.05) is 12.9 Å². The first kappa shape index (κ1) is 26.2. The minimum Gasteiger partial charge on any atom is -0.461 e. The van der Waals surface area contributed by atoms with Crippen LogP contribution in [0.4, 0.5) is 0 Å². The highest BCUT2D eigenvalue weighted by atomic mass is 32.2. The fourth-order valence-corrected chi connectivity index (χ4v) is 10.0. The molecular weight excluding hydrogens is 448 g/mol. The number of ether oxygens (including phenoxy) is 1. The van der Waals surface area contributed by atoms with Crippen LogP contribution in [-0.4, -0.2) is 33.4 Å². The zero-order chi connectivity index (χ0) is 24.7. The van der Waals surface area contributed by atoms with Crippen molar-refractivity contribution in [1.29, 1.82) is 0 Å². The van der Waals surface area contributed by atoms with E-state index in [4.69, 9.17) is 8.92 Å². The van der Waals surface area contributed by atoms with Crippen molar-refractivity contribution in [3.8, 4) is 0 Å². The summed E-state index contributed by atoms with van der Waals surface area (Å²) in [5.74, 6) is 2.99. The van der Waals surface area contributed by atoms with Crippen LogP contribution in [0.2, 0.25) is 0 Å². The lowest BCUT2D eigenvalue weighted by Gasteiger charge is -2.62. The molecule has 9 atom stereocenters. The van der Waals surface area contributed by atoms with E-state index in [9.17, 15) is 13.2 Å². The van der Waals surface area contributed by atoms with Crippen molar-refractivity contribution in [3.63, 3.8) is 0 Å². The second-order valence-corrected chi connectivity index (χ2v) is 14.1. The van der Waals surface area contributed by atoms with Crippen molar-refractivity contribution >= 4 is 16.1 Å². The minimum absolute atomic E-state index is 0.174. The molecule has 0 heterocycles. The Labute approximate surface area is 207 Å². The molecule has 0 aromatic rings. The molecule has 0 saturated heterocycles. The van der Waals surface area contributed by atoms with Gasteiger partial charge in [0.2, 0.25) is 0 Å². The van der Waals surface area contributed by atoms with E-state index in [0.717, 1.165) is 31.6 Å². The summed E-state index contributed by atoms with van der Waals surface area (Å²) >= 11 is 0. The molecule has 4 aliphatic carbocycles. The van der Waals surface area contributed by atoms with E-state index in [1.165, 1.54) is 44.8 Å². The molecule has 0 amide bonds. The van der Waals surface area contributed by atoms with E-state index in [0.29, 0.717) is 41.4 Å². The first-order valence-corrected chi connectivity index (χ1v) is 15.5. The van der Waals surface area contributed by atoms with Gasteiger partial charge in [0.25, 0.3) is 10.1 Å². The highest BCUT2D eigenvalue weighted by Crippen LogP contribution is 2.69. The molecule has 0 aliphatic heterocycles. The smallest absolute Gasteiger partial charge is 0.306 e. The standard InChI is InChI=1S/C28H46O5S/c1-6-17-32-26(29)15-10-19(2)22-13-14-23-21-12-11-20-9-7-8-16-27(20,3)24(21)18-25(28(22,23)4)33-34(5,30)31/h6,19-25H,1,7-18H2,2-5H3/t19-,20?,21+,22?,23+,24+,25?,27?,28?/m1/s1. The van der Waals surface area contributed by atoms with E-state index in [1.54, 1.807) is 6.08 Å². The lowest BCUT2D eigenvalue weighted by atomic mass is 9.44. The molecule has 0 spiro atoms. The van der Waals surface area contributed by atoms with Crippen molar-refractivity contribution in [1.82, 2.24) is 0 Å². The van der Waals surface area contributed by atoms with Gasteiger partial charge in [-0.3, -0.25) is 8.98 Å². The summed E-state index contributed by atoms with van der Waals surface area (Å²) in [6.07, 6.45) is 14.7. The quantitative estimate of drug-likeness (QED) is 0.230. The van der Waals surface area contributed by atoms with Gasteiger partial charge < -0.3 is 4.74 Å². The molecule has 4 saturated carbocycles. The van der Waals surface area contributed by atoms with Crippen molar-refractivity contribution in [2.45, 2.75) is 97.5 Å². The van der Waals surface area contributed by atoms with Crippen LogP contribution in [0, 0.1) is 46.3 Å². The summed E-state index contributed by atoms with van der Waals surface area (Å²) in [6, 6.07) is 0. The Morgan fingerprint density at radius 2 is 1.88 bits per heavy atom. The molecule has 4 aliphatic rings. The third-order valence-electron chi connectivity index (χ3n) is 10.9. The number of fused-ring (bicyclic) bond motifs is 5. The predicted molar refractivity (Wildman–Crippen MR) is 134 cm³/mol. The van der Waals surface area contributed by atoms with Crippen LogP contribution in [0.5, 0.6) is 0 Å². The van der Waals surface area contributed by atoms with Crippen molar-refractivity contribution in [2.24, 2.45) is 46.3 Å². The number of carbonyl (C=O) groups is 1. The lowest BCUT2D eigenvalue weighted by Crippen LogP contribution is -2.59. The van der Waals surface area contributed by atoms with Gasteiger partial charge in [0.05, 0.1) is 12.4 Å². The van der Waals surface area contributed by atoms with Crippen molar-refractivity contribution < 1.29 is 22.1 Å². The van der Waals surface area contributed by atoms with Crippen LogP contribution in [0.25, 0.3) is 0 Å². The Kier molecular flexibility index (Phi) is 7.61. The summed E-state index contributed by atoms with van der Waals surface area (Å²) in [4.78, 5) is 12.1. The number of hydrogen-bond acceptors (Lipinski definition) is 5. The molecule has 4 rings (SSSR count). The van der Waals surface area contributed by atoms with E-state index in [1.807, 2.05) is 0 Å². The fourth-order valence-electron chi connectivity index (χ4n) is 9.32. The van der Waals surface area contributed by atoms with E-state index in [-0.39, 0.29) is 24.1 Å². The zero-order valence-electron chi connectivity index (χ0n) is 21.8. The topological polar surface area (TPSA) is 69.7 Å².